The van der Waals surface area contributed by atoms with Gasteiger partial charge in [-0.25, -0.2) is 4.98 Å². The van der Waals surface area contributed by atoms with Crippen LogP contribution in [0.3, 0.4) is 0 Å². The minimum atomic E-state index is 0.0498. The van der Waals surface area contributed by atoms with Gasteiger partial charge in [0.05, 0.1) is 11.0 Å². The molecule has 0 aliphatic carbocycles. The van der Waals surface area contributed by atoms with Crippen LogP contribution >= 0.6 is 11.6 Å². The number of para-hydroxylation sites is 2. The van der Waals surface area contributed by atoms with Crippen LogP contribution in [-0.4, -0.2) is 22.0 Å². The topological polar surface area (TPSA) is 38.1 Å². The van der Waals surface area contributed by atoms with Gasteiger partial charge in [0.1, 0.15) is 5.82 Å². The highest BCUT2D eigenvalue weighted by Gasteiger charge is 2.35. The molecule has 1 atom stereocenters. The lowest BCUT2D eigenvalue weighted by Crippen LogP contribution is -2.24. The number of nitrogens with zero attached hydrogens (tertiary/aromatic N) is 3. The smallest absolute Gasteiger partial charge is 0.227 e. The second kappa shape index (κ2) is 7.86. The summed E-state index contributed by atoms with van der Waals surface area (Å²) in [6, 6.07) is 22.3. The van der Waals surface area contributed by atoms with E-state index in [9.17, 15) is 4.79 Å². The molecule has 1 aliphatic heterocycles. The molecule has 4 aromatic rings. The lowest BCUT2D eigenvalue weighted by atomic mass is 10.1. The Bertz CT molecular complexity index is 1280. The standard InChI is InChI=1S/C26H24ClN3O/c1-17-7-12-22(13-18(17)2)29-16-20(14-25(29)31)26-28-23-5-3-4-6-24(23)30(26)15-19-8-10-21(27)11-9-19/h3-13,20H,14-16H2,1-2H3. The summed E-state index contributed by atoms with van der Waals surface area (Å²) in [5.41, 5.74) is 6.61. The van der Waals surface area contributed by atoms with E-state index in [4.69, 9.17) is 16.6 Å². The van der Waals surface area contributed by atoms with E-state index < -0.39 is 0 Å². The Hall–Kier alpha value is -3.11. The van der Waals surface area contributed by atoms with Gasteiger partial charge in [0.2, 0.25) is 5.91 Å². The number of rotatable bonds is 4. The molecular formula is C26H24ClN3O. The van der Waals surface area contributed by atoms with Crippen LogP contribution < -0.4 is 4.90 Å². The largest absolute Gasteiger partial charge is 0.323 e. The number of fused-ring (bicyclic) bond motifs is 1. The Morgan fingerprint density at radius 1 is 1.00 bits per heavy atom. The van der Waals surface area contributed by atoms with Crippen LogP contribution in [0, 0.1) is 13.8 Å². The summed E-state index contributed by atoms with van der Waals surface area (Å²) in [6.07, 6.45) is 0.469. The first-order valence-electron chi connectivity index (χ1n) is 10.6. The number of benzene rings is 3. The first-order valence-corrected chi connectivity index (χ1v) is 10.9. The van der Waals surface area contributed by atoms with Crippen molar-refractivity contribution in [2.45, 2.75) is 32.7 Å². The maximum Gasteiger partial charge on any atom is 0.227 e. The van der Waals surface area contributed by atoms with E-state index in [1.807, 2.05) is 53.4 Å². The monoisotopic (exact) mass is 429 g/mol. The first-order chi connectivity index (χ1) is 15.0. The van der Waals surface area contributed by atoms with E-state index in [1.165, 1.54) is 11.1 Å². The maximum atomic E-state index is 13.0. The number of amides is 1. The van der Waals surface area contributed by atoms with Crippen molar-refractivity contribution in [1.82, 2.24) is 9.55 Å². The van der Waals surface area contributed by atoms with Crippen molar-refractivity contribution in [2.24, 2.45) is 0 Å². The fraction of sp³-hybridized carbons (Fsp3) is 0.231. The Morgan fingerprint density at radius 3 is 2.55 bits per heavy atom. The summed E-state index contributed by atoms with van der Waals surface area (Å²) in [5, 5.41) is 0.727. The van der Waals surface area contributed by atoms with E-state index in [2.05, 4.69) is 36.6 Å². The molecule has 0 saturated carbocycles. The third-order valence-corrected chi connectivity index (χ3v) is 6.48. The molecule has 4 nitrogen and oxygen atoms in total. The minimum Gasteiger partial charge on any atom is -0.323 e. The molecule has 5 heteroatoms. The van der Waals surface area contributed by atoms with Gasteiger partial charge in [-0.2, -0.15) is 0 Å². The molecule has 1 fully saturated rings. The number of anilines is 1. The van der Waals surface area contributed by atoms with Gasteiger partial charge < -0.3 is 9.47 Å². The van der Waals surface area contributed by atoms with Gasteiger partial charge in [-0.3, -0.25) is 4.79 Å². The fourth-order valence-electron chi connectivity index (χ4n) is 4.37. The third-order valence-electron chi connectivity index (χ3n) is 6.23. The normalized spacial score (nSPS) is 16.4. The van der Waals surface area contributed by atoms with Gasteiger partial charge in [-0.15, -0.1) is 0 Å². The van der Waals surface area contributed by atoms with Crippen molar-refractivity contribution in [1.29, 1.82) is 0 Å². The van der Waals surface area contributed by atoms with E-state index in [0.29, 0.717) is 19.5 Å². The first kappa shape index (κ1) is 19.8. The number of hydrogen-bond acceptors (Lipinski definition) is 2. The maximum absolute atomic E-state index is 13.0. The Labute approximate surface area is 187 Å². The molecule has 0 spiro atoms. The quantitative estimate of drug-likeness (QED) is 0.406. The van der Waals surface area contributed by atoms with Crippen LogP contribution in [0.1, 0.15) is 34.9 Å². The van der Waals surface area contributed by atoms with Crippen LogP contribution in [-0.2, 0) is 11.3 Å². The molecule has 3 aromatic carbocycles. The summed E-state index contributed by atoms with van der Waals surface area (Å²) in [6.45, 7) is 5.52. The Kier molecular flexibility index (Phi) is 5.03. The average Bonchev–Trinajstić information content (AvgIpc) is 3.32. The highest BCUT2D eigenvalue weighted by Crippen LogP contribution is 2.34. The molecule has 1 saturated heterocycles. The zero-order valence-electron chi connectivity index (χ0n) is 17.7. The lowest BCUT2D eigenvalue weighted by molar-refractivity contribution is -0.117. The Morgan fingerprint density at radius 2 is 1.77 bits per heavy atom. The van der Waals surface area contributed by atoms with Crippen molar-refractivity contribution in [3.8, 4) is 0 Å². The zero-order valence-corrected chi connectivity index (χ0v) is 18.4. The van der Waals surface area contributed by atoms with Gasteiger partial charge in [-0.05, 0) is 66.9 Å². The van der Waals surface area contributed by atoms with Gasteiger partial charge in [0, 0.05) is 36.1 Å². The molecule has 0 bridgehead atoms. The van der Waals surface area contributed by atoms with E-state index in [0.717, 1.165) is 33.1 Å². The lowest BCUT2D eigenvalue weighted by Gasteiger charge is -2.18. The molecule has 1 unspecified atom stereocenters. The molecule has 5 rings (SSSR count). The fourth-order valence-corrected chi connectivity index (χ4v) is 4.49. The van der Waals surface area contributed by atoms with Crippen LogP contribution in [0.15, 0.2) is 66.7 Å². The number of carbonyl (C=O) groups excluding carboxylic acids is 1. The second-order valence-electron chi connectivity index (χ2n) is 8.35. The molecule has 156 valence electrons. The van der Waals surface area contributed by atoms with Crippen molar-refractivity contribution in [3.63, 3.8) is 0 Å². The molecular weight excluding hydrogens is 406 g/mol. The van der Waals surface area contributed by atoms with Gasteiger partial charge in [-0.1, -0.05) is 41.9 Å². The summed E-state index contributed by atoms with van der Waals surface area (Å²) in [4.78, 5) is 19.8. The van der Waals surface area contributed by atoms with Gasteiger partial charge in [0.15, 0.2) is 0 Å². The molecule has 31 heavy (non-hydrogen) atoms. The molecule has 2 heterocycles. The van der Waals surface area contributed by atoms with Crippen LogP contribution in [0.4, 0.5) is 5.69 Å². The SMILES string of the molecule is Cc1ccc(N2CC(c3nc4ccccc4n3Cc3ccc(Cl)cc3)CC2=O)cc1C. The van der Waals surface area contributed by atoms with Crippen LogP contribution in [0.25, 0.3) is 11.0 Å². The highest BCUT2D eigenvalue weighted by molar-refractivity contribution is 6.30. The highest BCUT2D eigenvalue weighted by atomic mass is 35.5. The van der Waals surface area contributed by atoms with Crippen LogP contribution in [0.2, 0.25) is 5.02 Å². The predicted octanol–water partition coefficient (Wildman–Crippen LogP) is 5.88. The number of aryl methyl sites for hydroxylation is 2. The molecule has 1 aliphatic rings. The van der Waals surface area contributed by atoms with Gasteiger partial charge in [0.25, 0.3) is 0 Å². The van der Waals surface area contributed by atoms with Crippen molar-refractivity contribution in [3.05, 3.63) is 94.3 Å². The van der Waals surface area contributed by atoms with Crippen LogP contribution in [0.5, 0.6) is 0 Å². The second-order valence-corrected chi connectivity index (χ2v) is 8.78. The van der Waals surface area contributed by atoms with Crippen molar-refractivity contribution in [2.75, 3.05) is 11.4 Å². The number of carbonyl (C=O) groups is 1. The van der Waals surface area contributed by atoms with Crippen molar-refractivity contribution < 1.29 is 4.79 Å². The Balaban J connectivity index is 1.51. The third kappa shape index (κ3) is 3.72. The summed E-state index contributed by atoms with van der Waals surface area (Å²) >= 11 is 6.07. The molecule has 1 aromatic heterocycles. The van der Waals surface area contributed by atoms with Crippen molar-refractivity contribution >= 4 is 34.2 Å². The van der Waals surface area contributed by atoms with E-state index >= 15 is 0 Å². The van der Waals surface area contributed by atoms with E-state index in [1.54, 1.807) is 0 Å². The molecule has 1 amide bonds. The summed E-state index contributed by atoms with van der Waals surface area (Å²) in [5.74, 6) is 1.17. The average molecular weight is 430 g/mol. The zero-order chi connectivity index (χ0) is 21.5. The number of halogens is 1. The van der Waals surface area contributed by atoms with Gasteiger partial charge >= 0.3 is 0 Å². The molecule has 0 radical (unpaired) electrons. The number of hydrogen-bond donors (Lipinski definition) is 0. The molecule has 0 N–H and O–H groups in total. The summed E-state index contributed by atoms with van der Waals surface area (Å²) in [7, 11) is 0. The number of aromatic nitrogens is 2. The van der Waals surface area contributed by atoms with E-state index in [-0.39, 0.29) is 11.8 Å². The predicted molar refractivity (Wildman–Crippen MR) is 126 cm³/mol. The minimum absolute atomic E-state index is 0.0498. The summed E-state index contributed by atoms with van der Waals surface area (Å²) < 4.78 is 2.25. The number of imidazole rings is 1.